The van der Waals surface area contributed by atoms with Crippen molar-refractivity contribution < 1.29 is 8.78 Å². The number of piperidine rings is 1. The summed E-state index contributed by atoms with van der Waals surface area (Å²) in [7, 11) is 0. The van der Waals surface area contributed by atoms with Gasteiger partial charge < -0.3 is 10.6 Å². The summed E-state index contributed by atoms with van der Waals surface area (Å²) >= 11 is 0. The summed E-state index contributed by atoms with van der Waals surface area (Å²) in [5.74, 6) is -0.818. The lowest BCUT2D eigenvalue weighted by Crippen LogP contribution is -2.49. The molecule has 1 unspecified atom stereocenters. The largest absolute Gasteiger partial charge is 0.379 e. The number of halogens is 2. The summed E-state index contributed by atoms with van der Waals surface area (Å²) in [6.07, 6.45) is 0.906. The predicted molar refractivity (Wildman–Crippen MR) is 65.0 cm³/mol. The highest BCUT2D eigenvalue weighted by Gasteiger charge is 2.32. The molecular weight excluding hydrogens is 222 g/mol. The molecule has 1 atom stereocenters. The van der Waals surface area contributed by atoms with E-state index >= 15 is 0 Å². The van der Waals surface area contributed by atoms with Crippen LogP contribution in [-0.2, 0) is 0 Å². The van der Waals surface area contributed by atoms with Gasteiger partial charge in [0.25, 0.3) is 0 Å². The van der Waals surface area contributed by atoms with Crippen LogP contribution in [0.4, 0.5) is 14.5 Å². The zero-order chi connectivity index (χ0) is 12.5. The van der Waals surface area contributed by atoms with Crippen molar-refractivity contribution in [3.05, 3.63) is 29.8 Å². The molecule has 0 aliphatic carbocycles. The molecule has 0 bridgehead atoms. The molecule has 1 saturated heterocycles. The quantitative estimate of drug-likeness (QED) is 0.830. The number of hydrogen-bond acceptors (Lipinski definition) is 2. The molecule has 1 aromatic rings. The first-order valence-corrected chi connectivity index (χ1v) is 5.91. The predicted octanol–water partition coefficient (Wildman–Crippen LogP) is 2.76. The van der Waals surface area contributed by atoms with E-state index in [2.05, 4.69) is 24.5 Å². The number of rotatable bonds is 2. The lowest BCUT2D eigenvalue weighted by molar-refractivity contribution is 0.236. The third-order valence-corrected chi connectivity index (χ3v) is 3.39. The number of anilines is 1. The van der Waals surface area contributed by atoms with Gasteiger partial charge >= 0.3 is 0 Å². The van der Waals surface area contributed by atoms with Crippen molar-refractivity contribution >= 4 is 5.69 Å². The Hall–Kier alpha value is -1.16. The molecule has 1 heterocycles. The lowest BCUT2D eigenvalue weighted by Gasteiger charge is -2.40. The highest BCUT2D eigenvalue weighted by Crippen LogP contribution is 2.29. The van der Waals surface area contributed by atoms with Gasteiger partial charge in [0.1, 0.15) is 11.6 Å². The van der Waals surface area contributed by atoms with Crippen LogP contribution in [0, 0.1) is 17.0 Å². The van der Waals surface area contributed by atoms with Crippen molar-refractivity contribution in [3.63, 3.8) is 0 Å². The highest BCUT2D eigenvalue weighted by molar-refractivity contribution is 5.46. The molecule has 1 fully saturated rings. The molecule has 0 aromatic heterocycles. The van der Waals surface area contributed by atoms with Crippen LogP contribution in [0.25, 0.3) is 0 Å². The fourth-order valence-electron chi connectivity index (χ4n) is 2.23. The van der Waals surface area contributed by atoms with E-state index in [4.69, 9.17) is 0 Å². The van der Waals surface area contributed by atoms with Crippen LogP contribution in [0.15, 0.2) is 18.2 Å². The van der Waals surface area contributed by atoms with Crippen LogP contribution in [0.5, 0.6) is 0 Å². The molecule has 17 heavy (non-hydrogen) atoms. The van der Waals surface area contributed by atoms with Crippen molar-refractivity contribution in [2.45, 2.75) is 26.3 Å². The fourth-order valence-corrected chi connectivity index (χ4v) is 2.23. The van der Waals surface area contributed by atoms with Gasteiger partial charge in [0.05, 0.1) is 5.69 Å². The molecule has 1 aliphatic heterocycles. The Balaban J connectivity index is 2.16. The smallest absolute Gasteiger partial charge is 0.146 e. The van der Waals surface area contributed by atoms with Gasteiger partial charge in [-0.3, -0.25) is 0 Å². The minimum Gasteiger partial charge on any atom is -0.379 e. The van der Waals surface area contributed by atoms with Gasteiger partial charge in [-0.2, -0.15) is 0 Å². The minimum absolute atomic E-state index is 0.0248. The topological polar surface area (TPSA) is 24.1 Å². The van der Waals surface area contributed by atoms with E-state index in [1.54, 1.807) is 0 Å². The molecule has 0 radical (unpaired) electrons. The summed E-state index contributed by atoms with van der Waals surface area (Å²) in [4.78, 5) is 0. The van der Waals surface area contributed by atoms with E-state index in [0.717, 1.165) is 31.6 Å². The van der Waals surface area contributed by atoms with Crippen LogP contribution in [0.1, 0.15) is 20.3 Å². The first kappa shape index (κ1) is 12.3. The maximum atomic E-state index is 13.5. The second-order valence-electron chi connectivity index (χ2n) is 5.28. The van der Waals surface area contributed by atoms with Gasteiger partial charge in [-0.25, -0.2) is 8.78 Å². The van der Waals surface area contributed by atoms with Crippen molar-refractivity contribution in [2.75, 3.05) is 18.4 Å². The average Bonchev–Trinajstić information content (AvgIpc) is 2.26. The SMILES string of the molecule is CC1(C)CNCCC1Nc1cc(F)ccc1F. The third kappa shape index (κ3) is 2.75. The van der Waals surface area contributed by atoms with Crippen LogP contribution in [0.3, 0.4) is 0 Å². The average molecular weight is 240 g/mol. The van der Waals surface area contributed by atoms with Gasteiger partial charge in [0.2, 0.25) is 0 Å². The molecule has 0 amide bonds. The van der Waals surface area contributed by atoms with Gasteiger partial charge in [-0.1, -0.05) is 13.8 Å². The zero-order valence-corrected chi connectivity index (χ0v) is 10.2. The number of hydrogen-bond donors (Lipinski definition) is 2. The molecule has 2 nitrogen and oxygen atoms in total. The first-order valence-electron chi connectivity index (χ1n) is 5.91. The number of benzene rings is 1. The van der Waals surface area contributed by atoms with E-state index in [-0.39, 0.29) is 17.1 Å². The molecule has 2 rings (SSSR count). The summed E-state index contributed by atoms with van der Waals surface area (Å²) < 4.78 is 26.6. The molecule has 1 aliphatic rings. The summed E-state index contributed by atoms with van der Waals surface area (Å²) in [6.45, 7) is 6.02. The number of nitrogens with one attached hydrogen (secondary N) is 2. The molecule has 1 aromatic carbocycles. The zero-order valence-electron chi connectivity index (χ0n) is 10.2. The monoisotopic (exact) mass is 240 g/mol. The maximum Gasteiger partial charge on any atom is 0.146 e. The van der Waals surface area contributed by atoms with E-state index in [1.807, 2.05) is 0 Å². The van der Waals surface area contributed by atoms with Crippen molar-refractivity contribution in [3.8, 4) is 0 Å². The maximum absolute atomic E-state index is 13.5. The lowest BCUT2D eigenvalue weighted by atomic mass is 9.80. The Morgan fingerprint density at radius 1 is 1.35 bits per heavy atom. The molecule has 0 spiro atoms. The summed E-state index contributed by atoms with van der Waals surface area (Å²) in [5.41, 5.74) is 0.279. The second kappa shape index (κ2) is 4.61. The summed E-state index contributed by atoms with van der Waals surface area (Å²) in [5, 5.41) is 6.43. The standard InChI is InChI=1S/C13H18F2N2/c1-13(2)8-16-6-5-12(13)17-11-7-9(14)3-4-10(11)15/h3-4,7,12,16-17H,5-6,8H2,1-2H3. The van der Waals surface area contributed by atoms with Gasteiger partial charge in [0, 0.05) is 12.6 Å². The van der Waals surface area contributed by atoms with Crippen LogP contribution in [0.2, 0.25) is 0 Å². The van der Waals surface area contributed by atoms with Gasteiger partial charge in [0.15, 0.2) is 0 Å². The first-order chi connectivity index (χ1) is 7.99. The minimum atomic E-state index is -0.416. The van der Waals surface area contributed by atoms with Crippen LogP contribution >= 0.6 is 0 Å². The molecular formula is C13H18F2N2. The van der Waals surface area contributed by atoms with Crippen molar-refractivity contribution in [1.29, 1.82) is 0 Å². The summed E-state index contributed by atoms with van der Waals surface area (Å²) in [6, 6.07) is 3.66. The Morgan fingerprint density at radius 3 is 2.82 bits per heavy atom. The Bertz CT molecular complexity index is 404. The Labute approximate surface area is 100 Å². The van der Waals surface area contributed by atoms with Gasteiger partial charge in [-0.05, 0) is 36.6 Å². The molecule has 2 N–H and O–H groups in total. The van der Waals surface area contributed by atoms with Crippen LogP contribution in [-0.4, -0.2) is 19.1 Å². The Morgan fingerprint density at radius 2 is 2.12 bits per heavy atom. The van der Waals surface area contributed by atoms with Crippen molar-refractivity contribution in [2.24, 2.45) is 5.41 Å². The third-order valence-electron chi connectivity index (χ3n) is 3.39. The molecule has 94 valence electrons. The fraction of sp³-hybridized carbons (Fsp3) is 0.538. The Kier molecular flexibility index (Phi) is 3.33. The molecule has 4 heteroatoms. The second-order valence-corrected chi connectivity index (χ2v) is 5.28. The highest BCUT2D eigenvalue weighted by atomic mass is 19.1. The van der Waals surface area contributed by atoms with E-state index in [0.29, 0.717) is 0 Å². The van der Waals surface area contributed by atoms with Crippen LogP contribution < -0.4 is 10.6 Å². The van der Waals surface area contributed by atoms with Gasteiger partial charge in [-0.15, -0.1) is 0 Å². The van der Waals surface area contributed by atoms with E-state index in [9.17, 15) is 8.78 Å². The molecule has 0 saturated carbocycles. The normalized spacial score (nSPS) is 23.4. The van der Waals surface area contributed by atoms with E-state index in [1.165, 1.54) is 6.07 Å². The van der Waals surface area contributed by atoms with E-state index < -0.39 is 11.6 Å². The van der Waals surface area contributed by atoms with Crippen molar-refractivity contribution in [1.82, 2.24) is 5.32 Å².